The van der Waals surface area contributed by atoms with Crippen LogP contribution in [-0.4, -0.2) is 18.5 Å². The fourth-order valence-corrected chi connectivity index (χ4v) is 0.906. The number of nitrogens with one attached hydrogen (secondary N) is 1. The number of carbonyl (C=O) groups excluding carboxylic acids is 1. The molecule has 13 heavy (non-hydrogen) atoms. The van der Waals surface area contributed by atoms with E-state index in [0.717, 1.165) is 18.4 Å². The van der Waals surface area contributed by atoms with Gasteiger partial charge in [0.2, 0.25) is 5.91 Å². The molecule has 3 N–H and O–H groups in total. The van der Waals surface area contributed by atoms with E-state index in [-0.39, 0.29) is 11.9 Å². The molecule has 0 aliphatic rings. The zero-order valence-corrected chi connectivity index (χ0v) is 8.76. The molecule has 0 rings (SSSR count). The lowest BCUT2D eigenvalue weighted by Gasteiger charge is -2.10. The van der Waals surface area contributed by atoms with Crippen LogP contribution in [0, 0.1) is 0 Å². The molecule has 0 radical (unpaired) electrons. The highest BCUT2D eigenvalue weighted by Gasteiger charge is 2.04. The summed E-state index contributed by atoms with van der Waals surface area (Å²) < 4.78 is 0. The van der Waals surface area contributed by atoms with E-state index in [4.69, 9.17) is 5.73 Å². The third kappa shape index (κ3) is 5.42. The van der Waals surface area contributed by atoms with Crippen molar-refractivity contribution in [3.8, 4) is 0 Å². The number of nitrogens with two attached hydrogens (primary N) is 1. The van der Waals surface area contributed by atoms with Crippen LogP contribution < -0.4 is 11.1 Å². The Bertz CT molecular complexity index is 187. The smallest absolute Gasteiger partial charge is 0.246 e. The molecule has 0 bridgehead atoms. The topological polar surface area (TPSA) is 55.1 Å². The van der Waals surface area contributed by atoms with E-state index in [2.05, 4.69) is 5.32 Å². The minimum atomic E-state index is -0.00856. The quantitative estimate of drug-likeness (QED) is 0.631. The van der Waals surface area contributed by atoms with Crippen LogP contribution in [0.1, 0.15) is 33.6 Å². The summed E-state index contributed by atoms with van der Waals surface area (Å²) in [6.45, 7) is 6.39. The van der Waals surface area contributed by atoms with Crippen LogP contribution in [0.3, 0.4) is 0 Å². The summed E-state index contributed by atoms with van der Waals surface area (Å²) in [5, 5.41) is 2.79. The third-order valence-electron chi connectivity index (χ3n) is 1.92. The summed E-state index contributed by atoms with van der Waals surface area (Å²) in [6.07, 6.45) is 3.68. The molecule has 3 nitrogen and oxygen atoms in total. The molecule has 0 aromatic carbocycles. The fraction of sp³-hybridized carbons (Fsp3) is 0.700. The van der Waals surface area contributed by atoms with Crippen LogP contribution >= 0.6 is 0 Å². The largest absolute Gasteiger partial charge is 0.351 e. The molecule has 1 atom stereocenters. The van der Waals surface area contributed by atoms with E-state index in [9.17, 15) is 4.79 Å². The molecule has 76 valence electrons. The number of hydrogen-bond acceptors (Lipinski definition) is 2. The van der Waals surface area contributed by atoms with Gasteiger partial charge < -0.3 is 11.1 Å². The Morgan fingerprint density at radius 1 is 1.54 bits per heavy atom. The van der Waals surface area contributed by atoms with Crippen LogP contribution in [0.2, 0.25) is 0 Å². The number of hydrogen-bond donors (Lipinski definition) is 2. The molecule has 0 saturated heterocycles. The van der Waals surface area contributed by atoms with Crippen molar-refractivity contribution in [2.24, 2.45) is 5.73 Å². The minimum absolute atomic E-state index is 0.00856. The Balaban J connectivity index is 3.81. The average molecular weight is 184 g/mol. The summed E-state index contributed by atoms with van der Waals surface area (Å²) in [6, 6.07) is 0.0679. The number of carbonyl (C=O) groups is 1. The van der Waals surface area contributed by atoms with Crippen molar-refractivity contribution in [2.75, 3.05) is 6.54 Å². The van der Waals surface area contributed by atoms with Crippen molar-refractivity contribution in [3.63, 3.8) is 0 Å². The molecule has 0 aromatic rings. The average Bonchev–Trinajstić information content (AvgIpc) is 2.13. The van der Waals surface area contributed by atoms with E-state index in [1.807, 2.05) is 26.8 Å². The predicted molar refractivity (Wildman–Crippen MR) is 55.3 cm³/mol. The number of amides is 1. The second-order valence-corrected chi connectivity index (χ2v) is 3.17. The molecule has 3 heteroatoms. The Morgan fingerprint density at radius 3 is 2.62 bits per heavy atom. The maximum atomic E-state index is 11.3. The van der Waals surface area contributed by atoms with Crippen molar-refractivity contribution in [2.45, 2.75) is 39.7 Å². The van der Waals surface area contributed by atoms with Gasteiger partial charge in [0.15, 0.2) is 0 Å². The molecule has 0 spiro atoms. The molecule has 0 aromatic heterocycles. The minimum Gasteiger partial charge on any atom is -0.351 e. The lowest BCUT2D eigenvalue weighted by Crippen LogP contribution is -2.37. The van der Waals surface area contributed by atoms with Crippen molar-refractivity contribution in [1.82, 2.24) is 5.32 Å². The molecule has 0 aliphatic carbocycles. The maximum absolute atomic E-state index is 11.3. The van der Waals surface area contributed by atoms with Gasteiger partial charge in [-0.2, -0.15) is 0 Å². The molecule has 1 unspecified atom stereocenters. The van der Waals surface area contributed by atoms with Crippen molar-refractivity contribution < 1.29 is 4.79 Å². The molecule has 0 heterocycles. The zero-order chi connectivity index (χ0) is 10.3. The molecule has 0 aliphatic heterocycles. The van der Waals surface area contributed by atoms with Gasteiger partial charge in [0.05, 0.1) is 0 Å². The van der Waals surface area contributed by atoms with Gasteiger partial charge in [0.25, 0.3) is 0 Å². The Morgan fingerprint density at radius 2 is 2.15 bits per heavy atom. The lowest BCUT2D eigenvalue weighted by atomic mass is 10.2. The summed E-state index contributed by atoms with van der Waals surface area (Å²) in [4.78, 5) is 11.3. The first-order valence-electron chi connectivity index (χ1n) is 4.82. The van der Waals surface area contributed by atoms with Gasteiger partial charge >= 0.3 is 0 Å². The van der Waals surface area contributed by atoms with E-state index in [0.29, 0.717) is 6.54 Å². The van der Waals surface area contributed by atoms with Crippen LogP contribution in [0.25, 0.3) is 0 Å². The highest BCUT2D eigenvalue weighted by atomic mass is 16.1. The summed E-state index contributed by atoms with van der Waals surface area (Å²) in [5.41, 5.74) is 6.43. The fourth-order valence-electron chi connectivity index (χ4n) is 0.906. The first-order valence-corrected chi connectivity index (χ1v) is 4.82. The van der Waals surface area contributed by atoms with E-state index in [1.54, 1.807) is 0 Å². The van der Waals surface area contributed by atoms with Gasteiger partial charge in [0, 0.05) is 18.2 Å². The summed E-state index contributed by atoms with van der Waals surface area (Å²) >= 11 is 0. The second kappa shape index (κ2) is 6.66. The van der Waals surface area contributed by atoms with Crippen molar-refractivity contribution in [1.29, 1.82) is 0 Å². The van der Waals surface area contributed by atoms with Gasteiger partial charge in [-0.05, 0) is 19.8 Å². The SMILES string of the molecule is CCC=C(C)C(=O)NCC(N)CC. The van der Waals surface area contributed by atoms with E-state index < -0.39 is 0 Å². The number of rotatable bonds is 5. The zero-order valence-electron chi connectivity index (χ0n) is 8.76. The molecule has 1 amide bonds. The molecule has 0 saturated carbocycles. The van der Waals surface area contributed by atoms with Crippen LogP contribution in [-0.2, 0) is 4.79 Å². The van der Waals surface area contributed by atoms with Crippen LogP contribution in [0.5, 0.6) is 0 Å². The highest BCUT2D eigenvalue weighted by Crippen LogP contribution is 1.94. The molecular weight excluding hydrogens is 164 g/mol. The van der Waals surface area contributed by atoms with Crippen molar-refractivity contribution >= 4 is 5.91 Å². The first-order chi connectivity index (χ1) is 6.11. The van der Waals surface area contributed by atoms with Gasteiger partial charge in [-0.15, -0.1) is 0 Å². The molecular formula is C10H20N2O. The standard InChI is InChI=1S/C10H20N2O/c1-4-6-8(3)10(13)12-7-9(11)5-2/h6,9H,4-5,7,11H2,1-3H3,(H,12,13). The Labute approximate surface area is 80.4 Å². The third-order valence-corrected chi connectivity index (χ3v) is 1.92. The van der Waals surface area contributed by atoms with E-state index >= 15 is 0 Å². The monoisotopic (exact) mass is 184 g/mol. The van der Waals surface area contributed by atoms with Gasteiger partial charge in [0.1, 0.15) is 0 Å². The molecule has 0 fully saturated rings. The lowest BCUT2D eigenvalue weighted by molar-refractivity contribution is -0.117. The predicted octanol–water partition coefficient (Wildman–Crippen LogP) is 1.20. The highest BCUT2D eigenvalue weighted by molar-refractivity contribution is 5.92. The first kappa shape index (κ1) is 12.2. The number of allylic oxidation sites excluding steroid dienone is 1. The normalized spacial score (nSPS) is 14.0. The summed E-state index contributed by atoms with van der Waals surface area (Å²) in [7, 11) is 0. The van der Waals surface area contributed by atoms with Gasteiger partial charge in [-0.3, -0.25) is 4.79 Å². The van der Waals surface area contributed by atoms with Gasteiger partial charge in [-0.1, -0.05) is 19.9 Å². The second-order valence-electron chi connectivity index (χ2n) is 3.17. The van der Waals surface area contributed by atoms with Gasteiger partial charge in [-0.25, -0.2) is 0 Å². The van der Waals surface area contributed by atoms with Crippen LogP contribution in [0.4, 0.5) is 0 Å². The van der Waals surface area contributed by atoms with Crippen molar-refractivity contribution in [3.05, 3.63) is 11.6 Å². The Kier molecular flexibility index (Phi) is 6.24. The Hall–Kier alpha value is -0.830. The van der Waals surface area contributed by atoms with E-state index in [1.165, 1.54) is 0 Å². The summed E-state index contributed by atoms with van der Waals surface area (Å²) in [5.74, 6) is -0.00856. The maximum Gasteiger partial charge on any atom is 0.246 e. The van der Waals surface area contributed by atoms with Crippen LogP contribution in [0.15, 0.2) is 11.6 Å².